The molecule has 126 valence electrons. The third-order valence-electron chi connectivity index (χ3n) is 3.97. The van der Waals surface area contributed by atoms with Gasteiger partial charge in [0.05, 0.1) is 18.4 Å². The molecule has 7 heteroatoms. The second-order valence-electron chi connectivity index (χ2n) is 5.60. The molecule has 6 nitrogen and oxygen atoms in total. The minimum absolute atomic E-state index is 0.263. The van der Waals surface area contributed by atoms with Gasteiger partial charge in [0.25, 0.3) is 0 Å². The predicted octanol–water partition coefficient (Wildman–Crippen LogP) is 1.63. The van der Waals surface area contributed by atoms with Crippen LogP contribution in [0.1, 0.15) is 18.4 Å². The van der Waals surface area contributed by atoms with E-state index in [1.54, 1.807) is 25.3 Å². The summed E-state index contributed by atoms with van der Waals surface area (Å²) in [6.45, 7) is 0.446. The van der Waals surface area contributed by atoms with E-state index in [2.05, 4.69) is 5.32 Å². The predicted molar refractivity (Wildman–Crippen MR) is 87.5 cm³/mol. The van der Waals surface area contributed by atoms with Crippen LogP contribution in [0, 0.1) is 11.8 Å². The van der Waals surface area contributed by atoms with Gasteiger partial charge < -0.3 is 15.2 Å². The number of nitrogens with one attached hydrogen (secondary N) is 1. The molecule has 1 amide bonds. The van der Waals surface area contributed by atoms with E-state index in [9.17, 15) is 13.8 Å². The molecule has 1 fully saturated rings. The van der Waals surface area contributed by atoms with Crippen LogP contribution in [0.4, 0.5) is 5.69 Å². The van der Waals surface area contributed by atoms with Gasteiger partial charge in [-0.1, -0.05) is 12.1 Å². The van der Waals surface area contributed by atoms with Gasteiger partial charge >= 0.3 is 5.97 Å². The van der Waals surface area contributed by atoms with Gasteiger partial charge in [0.15, 0.2) is 0 Å². The van der Waals surface area contributed by atoms with Crippen molar-refractivity contribution in [3.63, 3.8) is 0 Å². The summed E-state index contributed by atoms with van der Waals surface area (Å²) in [6.07, 6.45) is 1.15. The molecule has 1 aliphatic carbocycles. The molecule has 0 radical (unpaired) electrons. The average Bonchev–Trinajstić information content (AvgIpc) is 2.43. The SMILES string of the molecule is COCCS(=O)Cc1cccc(NC(=O)C2CCC2C(=O)O)c1. The molecule has 23 heavy (non-hydrogen) atoms. The van der Waals surface area contributed by atoms with Crippen molar-refractivity contribution in [2.75, 3.05) is 24.8 Å². The first-order valence-corrected chi connectivity index (χ1v) is 8.96. The van der Waals surface area contributed by atoms with Crippen molar-refractivity contribution in [1.29, 1.82) is 0 Å². The largest absolute Gasteiger partial charge is 0.481 e. The normalized spacial score (nSPS) is 21.3. The maximum Gasteiger partial charge on any atom is 0.307 e. The Labute approximate surface area is 137 Å². The summed E-state index contributed by atoms with van der Waals surface area (Å²) in [5.41, 5.74) is 1.47. The number of anilines is 1. The van der Waals surface area contributed by atoms with E-state index in [0.29, 0.717) is 36.6 Å². The molecule has 0 aliphatic heterocycles. The maximum atomic E-state index is 12.1. The molecule has 0 saturated heterocycles. The Morgan fingerprint density at radius 3 is 2.70 bits per heavy atom. The number of hydrogen-bond acceptors (Lipinski definition) is 4. The van der Waals surface area contributed by atoms with Crippen molar-refractivity contribution in [3.8, 4) is 0 Å². The van der Waals surface area contributed by atoms with Crippen molar-refractivity contribution >= 4 is 28.4 Å². The Morgan fingerprint density at radius 1 is 1.35 bits per heavy atom. The zero-order valence-electron chi connectivity index (χ0n) is 13.0. The van der Waals surface area contributed by atoms with Crippen LogP contribution < -0.4 is 5.32 Å². The van der Waals surface area contributed by atoms with Gasteiger partial charge in [-0.25, -0.2) is 0 Å². The summed E-state index contributed by atoms with van der Waals surface area (Å²) >= 11 is 0. The van der Waals surface area contributed by atoms with Crippen molar-refractivity contribution < 1.29 is 23.6 Å². The molecule has 0 heterocycles. The third-order valence-corrected chi connectivity index (χ3v) is 5.24. The highest BCUT2D eigenvalue weighted by molar-refractivity contribution is 7.84. The Bertz CT molecular complexity index is 604. The van der Waals surface area contributed by atoms with Crippen LogP contribution in [0.3, 0.4) is 0 Å². The van der Waals surface area contributed by atoms with Crippen LogP contribution in [0.15, 0.2) is 24.3 Å². The quantitative estimate of drug-likeness (QED) is 0.751. The molecule has 0 aromatic heterocycles. The number of benzene rings is 1. The van der Waals surface area contributed by atoms with Crippen LogP contribution >= 0.6 is 0 Å². The summed E-state index contributed by atoms with van der Waals surface area (Å²) in [5.74, 6) is -1.37. The second-order valence-corrected chi connectivity index (χ2v) is 7.18. The number of aliphatic carboxylic acids is 1. The first kappa shape index (κ1) is 17.6. The van der Waals surface area contributed by atoms with Crippen molar-refractivity contribution in [3.05, 3.63) is 29.8 Å². The van der Waals surface area contributed by atoms with Crippen LogP contribution in [0.2, 0.25) is 0 Å². The van der Waals surface area contributed by atoms with Gasteiger partial charge in [-0.3, -0.25) is 13.8 Å². The first-order chi connectivity index (χ1) is 11.0. The molecule has 0 spiro atoms. The molecular formula is C16H21NO5S. The van der Waals surface area contributed by atoms with Crippen LogP contribution in [0.5, 0.6) is 0 Å². The second kappa shape index (κ2) is 8.21. The van der Waals surface area contributed by atoms with Crippen molar-refractivity contribution in [1.82, 2.24) is 0 Å². The standard InChI is InChI=1S/C16H21NO5S/c1-22-7-8-23(21)10-11-3-2-4-12(9-11)17-15(18)13-5-6-14(13)16(19)20/h2-4,9,13-14H,5-8,10H2,1H3,(H,17,18)(H,19,20). The van der Waals surface area contributed by atoms with Gasteiger partial charge in [-0.15, -0.1) is 0 Å². The number of carboxylic acid groups (broad SMARTS) is 1. The van der Waals surface area contributed by atoms with Gasteiger partial charge in [0.1, 0.15) is 0 Å². The van der Waals surface area contributed by atoms with E-state index in [4.69, 9.17) is 9.84 Å². The lowest BCUT2D eigenvalue weighted by Crippen LogP contribution is -2.41. The Balaban J connectivity index is 1.93. The maximum absolute atomic E-state index is 12.1. The summed E-state index contributed by atoms with van der Waals surface area (Å²) in [4.78, 5) is 23.1. The summed E-state index contributed by atoms with van der Waals surface area (Å²) in [5, 5.41) is 11.8. The lowest BCUT2D eigenvalue weighted by Gasteiger charge is -2.31. The summed E-state index contributed by atoms with van der Waals surface area (Å²) < 4.78 is 16.8. The molecule has 1 aromatic carbocycles. The molecule has 1 aromatic rings. The molecule has 3 atom stereocenters. The lowest BCUT2D eigenvalue weighted by atomic mass is 9.73. The fraction of sp³-hybridized carbons (Fsp3) is 0.500. The number of ether oxygens (including phenoxy) is 1. The smallest absolute Gasteiger partial charge is 0.307 e. The molecule has 2 N–H and O–H groups in total. The zero-order chi connectivity index (χ0) is 16.8. The van der Waals surface area contributed by atoms with E-state index in [0.717, 1.165) is 5.56 Å². The topological polar surface area (TPSA) is 92.7 Å². The van der Waals surface area contributed by atoms with Crippen molar-refractivity contribution in [2.24, 2.45) is 11.8 Å². The van der Waals surface area contributed by atoms with Gasteiger partial charge in [-0.2, -0.15) is 0 Å². The summed E-state index contributed by atoms with van der Waals surface area (Å²) in [7, 11) is 0.549. The highest BCUT2D eigenvalue weighted by atomic mass is 32.2. The van der Waals surface area contributed by atoms with Gasteiger partial charge in [0.2, 0.25) is 5.91 Å². The molecule has 2 rings (SSSR count). The number of methoxy groups -OCH3 is 1. The Morgan fingerprint density at radius 2 is 2.09 bits per heavy atom. The average molecular weight is 339 g/mol. The number of amides is 1. The van der Waals surface area contributed by atoms with E-state index < -0.39 is 28.6 Å². The van der Waals surface area contributed by atoms with E-state index >= 15 is 0 Å². The minimum atomic E-state index is -1.02. The highest BCUT2D eigenvalue weighted by Gasteiger charge is 2.41. The van der Waals surface area contributed by atoms with E-state index in [1.165, 1.54) is 0 Å². The molecule has 0 bridgehead atoms. The minimum Gasteiger partial charge on any atom is -0.481 e. The van der Waals surface area contributed by atoms with Crippen molar-refractivity contribution in [2.45, 2.75) is 18.6 Å². The number of hydrogen-bond donors (Lipinski definition) is 2. The van der Waals surface area contributed by atoms with Crippen LogP contribution in [0.25, 0.3) is 0 Å². The fourth-order valence-electron chi connectivity index (χ4n) is 2.52. The molecule has 1 aliphatic rings. The Hall–Kier alpha value is -1.73. The van der Waals surface area contributed by atoms with Crippen LogP contribution in [-0.4, -0.2) is 40.7 Å². The monoisotopic (exact) mass is 339 g/mol. The third kappa shape index (κ3) is 4.87. The van der Waals surface area contributed by atoms with Crippen LogP contribution in [-0.2, 0) is 30.9 Å². The van der Waals surface area contributed by atoms with E-state index in [1.807, 2.05) is 6.07 Å². The van der Waals surface area contributed by atoms with E-state index in [-0.39, 0.29) is 5.91 Å². The number of carbonyl (C=O) groups excluding carboxylic acids is 1. The van der Waals surface area contributed by atoms with Gasteiger partial charge in [0, 0.05) is 35.1 Å². The fourth-order valence-corrected chi connectivity index (χ4v) is 3.57. The molecule has 3 unspecified atom stereocenters. The molecular weight excluding hydrogens is 318 g/mol. The number of carbonyl (C=O) groups is 2. The number of carboxylic acids is 1. The zero-order valence-corrected chi connectivity index (χ0v) is 13.8. The van der Waals surface area contributed by atoms with Gasteiger partial charge in [-0.05, 0) is 30.5 Å². The Kier molecular flexibility index (Phi) is 6.29. The lowest BCUT2D eigenvalue weighted by molar-refractivity contribution is -0.151. The first-order valence-electron chi connectivity index (χ1n) is 7.47. The number of rotatable bonds is 8. The molecule has 1 saturated carbocycles. The highest BCUT2D eigenvalue weighted by Crippen LogP contribution is 2.35. The summed E-state index contributed by atoms with van der Waals surface area (Å²) in [6, 6.07) is 7.16.